The van der Waals surface area contributed by atoms with Gasteiger partial charge in [0.2, 0.25) is 11.8 Å². The van der Waals surface area contributed by atoms with E-state index in [0.717, 1.165) is 12.1 Å². The van der Waals surface area contributed by atoms with Crippen molar-refractivity contribution in [1.82, 2.24) is 15.5 Å². The van der Waals surface area contributed by atoms with Crippen LogP contribution in [0.15, 0.2) is 53.2 Å². The van der Waals surface area contributed by atoms with E-state index in [1.54, 1.807) is 24.5 Å². The SMILES string of the molecule is CN(C)Cc1ccccc1CNC(=O)CCNC(=O)/C=C/c1ccco1. The van der Waals surface area contributed by atoms with E-state index < -0.39 is 0 Å². The van der Waals surface area contributed by atoms with Crippen LogP contribution in [0.25, 0.3) is 6.08 Å². The number of hydrogen-bond donors (Lipinski definition) is 2. The normalized spacial score (nSPS) is 11.0. The van der Waals surface area contributed by atoms with Crippen molar-refractivity contribution in [2.45, 2.75) is 19.5 Å². The molecule has 138 valence electrons. The summed E-state index contributed by atoms with van der Waals surface area (Å²) in [5.41, 5.74) is 2.29. The molecular formula is C20H25N3O3. The molecule has 0 saturated heterocycles. The third-order valence-corrected chi connectivity index (χ3v) is 3.67. The number of amides is 2. The molecule has 0 aliphatic heterocycles. The molecule has 2 amide bonds. The van der Waals surface area contributed by atoms with Crippen LogP contribution < -0.4 is 10.6 Å². The van der Waals surface area contributed by atoms with Crippen LogP contribution in [0, 0.1) is 0 Å². The molecule has 0 saturated carbocycles. The van der Waals surface area contributed by atoms with Gasteiger partial charge in [-0.3, -0.25) is 9.59 Å². The Hall–Kier alpha value is -2.86. The number of carbonyl (C=O) groups is 2. The van der Waals surface area contributed by atoms with E-state index in [9.17, 15) is 9.59 Å². The number of nitrogens with one attached hydrogen (secondary N) is 2. The summed E-state index contributed by atoms with van der Waals surface area (Å²) in [4.78, 5) is 25.7. The Kier molecular flexibility index (Phi) is 7.64. The van der Waals surface area contributed by atoms with Gasteiger partial charge in [-0.1, -0.05) is 24.3 Å². The number of furan rings is 1. The van der Waals surface area contributed by atoms with Crippen LogP contribution in [0.3, 0.4) is 0 Å². The van der Waals surface area contributed by atoms with E-state index in [0.29, 0.717) is 12.3 Å². The van der Waals surface area contributed by atoms with Gasteiger partial charge in [-0.25, -0.2) is 0 Å². The molecule has 1 heterocycles. The van der Waals surface area contributed by atoms with Gasteiger partial charge in [0.05, 0.1) is 6.26 Å². The molecule has 0 bridgehead atoms. The molecule has 1 aromatic carbocycles. The molecule has 0 unspecified atom stereocenters. The molecule has 0 atom stereocenters. The largest absolute Gasteiger partial charge is 0.465 e. The van der Waals surface area contributed by atoms with Crippen LogP contribution in [0.1, 0.15) is 23.3 Å². The Bertz CT molecular complexity index is 737. The number of nitrogens with zero attached hydrogens (tertiary/aromatic N) is 1. The molecule has 2 N–H and O–H groups in total. The fourth-order valence-corrected chi connectivity index (χ4v) is 2.41. The molecule has 0 radical (unpaired) electrons. The van der Waals surface area contributed by atoms with E-state index >= 15 is 0 Å². The second-order valence-corrected chi connectivity index (χ2v) is 6.17. The van der Waals surface area contributed by atoms with E-state index in [1.807, 2.05) is 32.3 Å². The molecule has 26 heavy (non-hydrogen) atoms. The Morgan fingerprint density at radius 1 is 1.08 bits per heavy atom. The van der Waals surface area contributed by atoms with Crippen molar-refractivity contribution in [3.63, 3.8) is 0 Å². The van der Waals surface area contributed by atoms with Crippen molar-refractivity contribution in [3.05, 3.63) is 65.6 Å². The Morgan fingerprint density at radius 2 is 1.85 bits per heavy atom. The minimum Gasteiger partial charge on any atom is -0.465 e. The average molecular weight is 355 g/mol. The van der Waals surface area contributed by atoms with Crippen LogP contribution in [0.4, 0.5) is 0 Å². The molecule has 0 aliphatic rings. The van der Waals surface area contributed by atoms with Crippen LogP contribution in [-0.4, -0.2) is 37.4 Å². The highest BCUT2D eigenvalue weighted by Crippen LogP contribution is 2.10. The fourth-order valence-electron chi connectivity index (χ4n) is 2.41. The molecule has 6 nitrogen and oxygen atoms in total. The first-order valence-electron chi connectivity index (χ1n) is 8.52. The van der Waals surface area contributed by atoms with Gasteiger partial charge in [0.1, 0.15) is 5.76 Å². The molecule has 6 heteroatoms. The topological polar surface area (TPSA) is 74.6 Å². The minimum absolute atomic E-state index is 0.0972. The lowest BCUT2D eigenvalue weighted by molar-refractivity contribution is -0.121. The van der Waals surface area contributed by atoms with Crippen molar-refractivity contribution >= 4 is 17.9 Å². The zero-order valence-corrected chi connectivity index (χ0v) is 15.2. The first-order chi connectivity index (χ1) is 12.5. The molecule has 1 aromatic heterocycles. The van der Waals surface area contributed by atoms with Gasteiger partial charge in [-0.05, 0) is 43.4 Å². The monoisotopic (exact) mass is 355 g/mol. The number of carbonyl (C=O) groups excluding carboxylic acids is 2. The molecule has 0 fully saturated rings. The summed E-state index contributed by atoms with van der Waals surface area (Å²) in [5, 5.41) is 5.58. The second-order valence-electron chi connectivity index (χ2n) is 6.17. The van der Waals surface area contributed by atoms with Gasteiger partial charge in [0.15, 0.2) is 0 Å². The molecular weight excluding hydrogens is 330 g/mol. The maximum absolute atomic E-state index is 12.0. The average Bonchev–Trinajstić information content (AvgIpc) is 3.12. The summed E-state index contributed by atoms with van der Waals surface area (Å²) in [6.45, 7) is 1.59. The summed E-state index contributed by atoms with van der Waals surface area (Å²) in [6, 6.07) is 11.5. The predicted octanol–water partition coefficient (Wildman–Crippen LogP) is 2.18. The lowest BCUT2D eigenvalue weighted by Gasteiger charge is -2.14. The highest BCUT2D eigenvalue weighted by molar-refractivity contribution is 5.91. The summed E-state index contributed by atoms with van der Waals surface area (Å²) in [6.07, 6.45) is 4.74. The molecule has 0 aliphatic carbocycles. The van der Waals surface area contributed by atoms with Gasteiger partial charge in [-0.15, -0.1) is 0 Å². The standard InChI is InChI=1S/C20H25N3O3/c1-23(2)15-17-7-4-3-6-16(17)14-22-20(25)11-12-21-19(24)10-9-18-8-5-13-26-18/h3-10,13H,11-12,14-15H2,1-2H3,(H,21,24)(H,22,25)/b10-9+. The Morgan fingerprint density at radius 3 is 2.54 bits per heavy atom. The third-order valence-electron chi connectivity index (χ3n) is 3.67. The maximum Gasteiger partial charge on any atom is 0.244 e. The van der Waals surface area contributed by atoms with Gasteiger partial charge < -0.3 is 20.0 Å². The summed E-state index contributed by atoms with van der Waals surface area (Å²) in [5.74, 6) is 0.250. The van der Waals surface area contributed by atoms with Crippen molar-refractivity contribution in [3.8, 4) is 0 Å². The zero-order chi connectivity index (χ0) is 18.8. The van der Waals surface area contributed by atoms with Gasteiger partial charge in [-0.2, -0.15) is 0 Å². The van der Waals surface area contributed by atoms with E-state index in [4.69, 9.17) is 4.42 Å². The van der Waals surface area contributed by atoms with Crippen LogP contribution >= 0.6 is 0 Å². The summed E-state index contributed by atoms with van der Waals surface area (Å²) in [7, 11) is 4.02. The van der Waals surface area contributed by atoms with Crippen LogP contribution in [0.5, 0.6) is 0 Å². The van der Waals surface area contributed by atoms with Crippen molar-refractivity contribution in [2.75, 3.05) is 20.6 Å². The van der Waals surface area contributed by atoms with Crippen molar-refractivity contribution < 1.29 is 14.0 Å². The van der Waals surface area contributed by atoms with E-state index in [2.05, 4.69) is 21.6 Å². The van der Waals surface area contributed by atoms with Crippen molar-refractivity contribution in [2.24, 2.45) is 0 Å². The van der Waals surface area contributed by atoms with Gasteiger partial charge >= 0.3 is 0 Å². The fraction of sp³-hybridized carbons (Fsp3) is 0.300. The highest BCUT2D eigenvalue weighted by Gasteiger charge is 2.06. The first-order valence-corrected chi connectivity index (χ1v) is 8.52. The zero-order valence-electron chi connectivity index (χ0n) is 15.2. The predicted molar refractivity (Wildman–Crippen MR) is 101 cm³/mol. The Balaban J connectivity index is 1.70. The number of hydrogen-bond acceptors (Lipinski definition) is 4. The summed E-state index contributed by atoms with van der Waals surface area (Å²) < 4.78 is 5.10. The maximum atomic E-state index is 12.0. The lowest BCUT2D eigenvalue weighted by Crippen LogP contribution is -2.30. The minimum atomic E-state index is -0.259. The third kappa shape index (κ3) is 6.94. The number of rotatable bonds is 9. The smallest absolute Gasteiger partial charge is 0.244 e. The quantitative estimate of drug-likeness (QED) is 0.676. The molecule has 2 rings (SSSR count). The lowest BCUT2D eigenvalue weighted by atomic mass is 10.1. The summed E-state index contributed by atoms with van der Waals surface area (Å²) >= 11 is 0. The van der Waals surface area contributed by atoms with Crippen LogP contribution in [0.2, 0.25) is 0 Å². The highest BCUT2D eigenvalue weighted by atomic mass is 16.3. The number of benzene rings is 1. The Labute approximate surface area is 153 Å². The van der Waals surface area contributed by atoms with E-state index in [1.165, 1.54) is 11.6 Å². The van der Waals surface area contributed by atoms with Gasteiger partial charge in [0, 0.05) is 32.1 Å². The van der Waals surface area contributed by atoms with E-state index in [-0.39, 0.29) is 24.8 Å². The van der Waals surface area contributed by atoms with Crippen LogP contribution in [-0.2, 0) is 22.7 Å². The second kappa shape index (κ2) is 10.2. The molecule has 0 spiro atoms. The first kappa shape index (κ1) is 19.5. The van der Waals surface area contributed by atoms with Crippen molar-refractivity contribution in [1.29, 1.82) is 0 Å². The molecule has 2 aromatic rings. The van der Waals surface area contributed by atoms with Gasteiger partial charge in [0.25, 0.3) is 0 Å².